The minimum Gasteiger partial charge on any atom is -0.495 e. The van der Waals surface area contributed by atoms with Gasteiger partial charge in [0.25, 0.3) is 5.91 Å². The smallest absolute Gasteiger partial charge is 0.419 e. The quantitative estimate of drug-likeness (QED) is 0.436. The number of piperidine rings is 1. The maximum atomic E-state index is 15.4. The second-order valence-corrected chi connectivity index (χ2v) is 10.7. The van der Waals surface area contributed by atoms with Crippen LogP contribution >= 0.6 is 0 Å². The number of fused-ring (bicyclic) bond motifs is 1. The molecule has 0 spiro atoms. The summed E-state index contributed by atoms with van der Waals surface area (Å²) in [4.78, 5) is 14.2. The molecule has 1 N–H and O–H groups in total. The number of nitrogens with one attached hydrogen (secondary N) is 1. The molecule has 2 aliphatic rings. The van der Waals surface area contributed by atoms with E-state index in [4.69, 9.17) is 9.47 Å². The predicted molar refractivity (Wildman–Crippen MR) is 130 cm³/mol. The Morgan fingerprint density at radius 3 is 2.60 bits per heavy atom. The van der Waals surface area contributed by atoms with Crippen molar-refractivity contribution in [3.05, 3.63) is 59.9 Å². The third kappa shape index (κ3) is 5.09. The molecule has 1 amide bonds. The lowest BCUT2D eigenvalue weighted by atomic mass is 9.96. The number of hydrogen-bond acceptors (Lipinski definition) is 7. The Morgan fingerprint density at radius 2 is 1.93 bits per heavy atom. The molecular formula is C24H21F5N4O6S. The molecule has 0 radical (unpaired) electrons. The molecule has 2 aromatic carbocycles. The normalized spacial score (nSPS) is 20.4. The average Bonchev–Trinajstić information content (AvgIpc) is 3.40. The predicted octanol–water partition coefficient (Wildman–Crippen LogP) is 3.81. The van der Waals surface area contributed by atoms with E-state index in [1.165, 1.54) is 24.3 Å². The summed E-state index contributed by atoms with van der Waals surface area (Å²) in [5.41, 5.74) is -2.75. The molecule has 2 saturated heterocycles. The third-order valence-corrected chi connectivity index (χ3v) is 8.12. The second-order valence-electron chi connectivity index (χ2n) is 8.99. The summed E-state index contributed by atoms with van der Waals surface area (Å²) in [5, 5.41) is 3.51. The molecule has 3 aromatic rings. The van der Waals surface area contributed by atoms with E-state index in [2.05, 4.69) is 14.4 Å². The van der Waals surface area contributed by atoms with Gasteiger partial charge in [0.2, 0.25) is 0 Å². The number of hydrogen-bond donors (Lipinski definition) is 1. The third-order valence-electron chi connectivity index (χ3n) is 6.64. The summed E-state index contributed by atoms with van der Waals surface area (Å²) < 4.78 is 114. The number of morpholine rings is 1. The number of carbonyl (C=O) groups is 1. The molecule has 1 aromatic heterocycles. The molecule has 214 valence electrons. The lowest BCUT2D eigenvalue weighted by molar-refractivity contribution is -0.140. The van der Waals surface area contributed by atoms with Crippen molar-refractivity contribution in [2.24, 2.45) is 0 Å². The molecule has 3 heterocycles. The Labute approximate surface area is 224 Å². The minimum absolute atomic E-state index is 0.0269. The fourth-order valence-corrected chi connectivity index (χ4v) is 6.01. The van der Waals surface area contributed by atoms with Crippen molar-refractivity contribution >= 4 is 27.6 Å². The number of ether oxygens (including phenoxy) is 2. The first-order chi connectivity index (χ1) is 18.9. The number of halogens is 5. The first kappa shape index (κ1) is 27.8. The van der Waals surface area contributed by atoms with Crippen LogP contribution in [0.4, 0.5) is 33.5 Å². The molecule has 0 bridgehead atoms. The van der Waals surface area contributed by atoms with E-state index in [1.807, 2.05) is 0 Å². The van der Waals surface area contributed by atoms with E-state index in [0.717, 1.165) is 28.6 Å². The molecule has 5 rings (SSSR count). The van der Waals surface area contributed by atoms with Crippen LogP contribution in [0.5, 0.6) is 5.75 Å². The Morgan fingerprint density at radius 1 is 1.15 bits per heavy atom. The summed E-state index contributed by atoms with van der Waals surface area (Å²) in [5.74, 6) is -3.46. The van der Waals surface area contributed by atoms with E-state index >= 15 is 4.39 Å². The van der Waals surface area contributed by atoms with Crippen molar-refractivity contribution in [1.29, 1.82) is 0 Å². The molecule has 2 atom stereocenters. The lowest BCUT2D eigenvalue weighted by Crippen LogP contribution is -2.62. The molecule has 16 heteroatoms. The molecule has 2 fully saturated rings. The van der Waals surface area contributed by atoms with Crippen molar-refractivity contribution in [1.82, 2.24) is 9.46 Å². The summed E-state index contributed by atoms with van der Waals surface area (Å²) >= 11 is 0. The maximum absolute atomic E-state index is 15.4. The standard InChI is InChI=1S/C24H21F5N4O6S/c1-37-19-9-14(13-3-2-4-15(23(13)26)24(27,28)29)16(25)10-18(19)33-17-5-7-32(11-20(17)38-12-22(33)34)40(35,36)31-21-6-8-39-30-21/h2-4,6,8-10,17,20H,5,7,11-12H2,1H3,(H,30,31)/t17-,20-/m1/s1. The van der Waals surface area contributed by atoms with E-state index in [9.17, 15) is 30.8 Å². The zero-order chi connectivity index (χ0) is 28.8. The van der Waals surface area contributed by atoms with Gasteiger partial charge in [-0.3, -0.25) is 9.52 Å². The maximum Gasteiger partial charge on any atom is 0.419 e. The van der Waals surface area contributed by atoms with Gasteiger partial charge in [-0.05, 0) is 18.6 Å². The van der Waals surface area contributed by atoms with Gasteiger partial charge in [-0.25, -0.2) is 8.78 Å². The first-order valence-corrected chi connectivity index (χ1v) is 13.2. The van der Waals surface area contributed by atoms with Crippen LogP contribution in [0, 0.1) is 11.6 Å². The first-order valence-electron chi connectivity index (χ1n) is 11.8. The summed E-state index contributed by atoms with van der Waals surface area (Å²) in [7, 11) is -2.84. The number of rotatable bonds is 6. The fraction of sp³-hybridized carbons (Fsp3) is 0.333. The lowest BCUT2D eigenvalue weighted by Gasteiger charge is -2.46. The Bertz CT molecular complexity index is 1530. The Balaban J connectivity index is 1.46. The van der Waals surface area contributed by atoms with Crippen LogP contribution in [0.2, 0.25) is 0 Å². The minimum atomic E-state index is -5.00. The molecule has 2 aliphatic heterocycles. The number of nitrogens with zero attached hydrogens (tertiary/aromatic N) is 3. The number of amides is 1. The van der Waals surface area contributed by atoms with E-state index in [0.29, 0.717) is 6.07 Å². The second kappa shape index (κ2) is 10.3. The Kier molecular flexibility index (Phi) is 7.18. The van der Waals surface area contributed by atoms with Crippen LogP contribution in [0.1, 0.15) is 12.0 Å². The Hall–Kier alpha value is -3.76. The van der Waals surface area contributed by atoms with Crippen LogP contribution in [-0.4, -0.2) is 62.7 Å². The highest BCUT2D eigenvalue weighted by Crippen LogP contribution is 2.42. The molecule has 0 saturated carbocycles. The van der Waals surface area contributed by atoms with Crippen LogP contribution in [0.25, 0.3) is 11.1 Å². The highest BCUT2D eigenvalue weighted by molar-refractivity contribution is 7.90. The summed E-state index contributed by atoms with van der Waals surface area (Å²) in [6.07, 6.45) is -4.53. The molecular weight excluding hydrogens is 567 g/mol. The summed E-state index contributed by atoms with van der Waals surface area (Å²) in [6.45, 7) is -0.652. The number of methoxy groups -OCH3 is 1. The summed E-state index contributed by atoms with van der Waals surface area (Å²) in [6, 6.07) is 4.98. The molecule has 0 aliphatic carbocycles. The van der Waals surface area contributed by atoms with Crippen molar-refractivity contribution in [2.75, 3.05) is 36.4 Å². The average molecular weight is 589 g/mol. The highest BCUT2D eigenvalue weighted by atomic mass is 32.2. The number of anilines is 2. The number of benzene rings is 2. The van der Waals surface area contributed by atoms with Gasteiger partial charge in [0, 0.05) is 36.3 Å². The number of carbonyl (C=O) groups excluding carboxylic acids is 1. The van der Waals surface area contributed by atoms with Gasteiger partial charge in [0.15, 0.2) is 5.82 Å². The van der Waals surface area contributed by atoms with Crippen molar-refractivity contribution in [2.45, 2.75) is 24.7 Å². The van der Waals surface area contributed by atoms with Crippen molar-refractivity contribution < 1.29 is 49.2 Å². The topological polar surface area (TPSA) is 114 Å². The zero-order valence-electron chi connectivity index (χ0n) is 20.6. The van der Waals surface area contributed by atoms with Gasteiger partial charge in [-0.1, -0.05) is 17.3 Å². The van der Waals surface area contributed by atoms with Gasteiger partial charge in [-0.2, -0.15) is 25.9 Å². The van der Waals surface area contributed by atoms with Gasteiger partial charge < -0.3 is 18.9 Å². The van der Waals surface area contributed by atoms with Gasteiger partial charge >= 0.3 is 16.4 Å². The monoisotopic (exact) mass is 588 g/mol. The molecule has 10 nitrogen and oxygen atoms in total. The van der Waals surface area contributed by atoms with Crippen LogP contribution in [-0.2, 0) is 25.9 Å². The van der Waals surface area contributed by atoms with Crippen LogP contribution in [0.3, 0.4) is 0 Å². The van der Waals surface area contributed by atoms with E-state index in [1.54, 1.807) is 0 Å². The van der Waals surface area contributed by atoms with Gasteiger partial charge in [0.1, 0.15) is 30.3 Å². The number of alkyl halides is 3. The highest BCUT2D eigenvalue weighted by Gasteiger charge is 2.45. The van der Waals surface area contributed by atoms with Gasteiger partial charge in [-0.15, -0.1) is 0 Å². The molecule has 40 heavy (non-hydrogen) atoms. The number of aromatic nitrogens is 1. The van der Waals surface area contributed by atoms with E-state index < -0.39 is 69.4 Å². The largest absolute Gasteiger partial charge is 0.495 e. The zero-order valence-corrected chi connectivity index (χ0v) is 21.4. The van der Waals surface area contributed by atoms with E-state index in [-0.39, 0.29) is 36.8 Å². The fourth-order valence-electron chi connectivity index (χ4n) is 4.82. The van der Waals surface area contributed by atoms with Gasteiger partial charge in [0.05, 0.1) is 30.5 Å². The van der Waals surface area contributed by atoms with Crippen molar-refractivity contribution in [3.63, 3.8) is 0 Å². The van der Waals surface area contributed by atoms with Crippen molar-refractivity contribution in [3.8, 4) is 16.9 Å². The SMILES string of the molecule is COc1cc(-c2cccc(C(F)(F)F)c2F)c(F)cc1N1C(=O)CO[C@@H]2CN(S(=O)(=O)Nc3ccon3)CC[C@H]21. The van der Waals surface area contributed by atoms with Crippen LogP contribution in [0.15, 0.2) is 47.2 Å². The molecule has 0 unspecified atom stereocenters. The van der Waals surface area contributed by atoms with Crippen LogP contribution < -0.4 is 14.4 Å².